The molecule has 2 unspecified atom stereocenters. The van der Waals surface area contributed by atoms with Crippen LogP contribution in [0.5, 0.6) is 0 Å². The number of carboxylic acids is 1. The zero-order valence-electron chi connectivity index (χ0n) is 17.1. The molecule has 0 bridgehead atoms. The molecule has 0 saturated heterocycles. The van der Waals surface area contributed by atoms with Crippen LogP contribution in [0, 0.1) is 11.8 Å². The van der Waals surface area contributed by atoms with Crippen molar-refractivity contribution in [3.8, 4) is 11.8 Å². The Kier molecular flexibility index (Phi) is 4.44. The number of aliphatic hydroxyl groups is 1. The Bertz CT molecular complexity index is 885. The molecule has 4 heteroatoms. The van der Waals surface area contributed by atoms with E-state index in [9.17, 15) is 15.0 Å². The Morgan fingerprint density at radius 3 is 2.30 bits per heavy atom. The maximum atomic E-state index is 12.0. The first-order valence-corrected chi connectivity index (χ1v) is 9.43. The minimum absolute atomic E-state index is 0.0270. The minimum Gasteiger partial charge on any atom is -0.480 e. The second-order valence-corrected chi connectivity index (χ2v) is 9.12. The van der Waals surface area contributed by atoms with Gasteiger partial charge in [0.1, 0.15) is 0 Å². The summed E-state index contributed by atoms with van der Waals surface area (Å²) in [5.74, 6) is 4.66. The summed E-state index contributed by atoms with van der Waals surface area (Å²) in [5.41, 5.74) is 1.85. The van der Waals surface area contributed by atoms with Crippen molar-refractivity contribution in [3.05, 3.63) is 46.7 Å². The number of likely N-dealkylation sites (N-methyl/N-ethyl adjacent to an activating group) is 1. The molecule has 1 heterocycles. The number of carbonyl (C=O) groups is 1. The molecule has 1 aliphatic carbocycles. The number of fused-ring (bicyclic) bond motifs is 1. The number of aliphatic carboxylic acids is 1. The molecule has 0 saturated carbocycles. The van der Waals surface area contributed by atoms with Gasteiger partial charge >= 0.3 is 5.97 Å². The number of rotatable bonds is 2. The fourth-order valence-electron chi connectivity index (χ4n) is 4.57. The monoisotopic (exact) mass is 367 g/mol. The highest BCUT2D eigenvalue weighted by atomic mass is 16.4. The van der Waals surface area contributed by atoms with Crippen LogP contribution in [0.25, 0.3) is 0 Å². The number of nitrogens with zero attached hydrogens (tertiary/aromatic N) is 1. The highest BCUT2D eigenvalue weighted by Gasteiger charge is 2.52. The molecule has 1 aliphatic heterocycles. The molecule has 4 nitrogen and oxygen atoms in total. The van der Waals surface area contributed by atoms with E-state index in [0.717, 1.165) is 12.8 Å². The average Bonchev–Trinajstić information content (AvgIpc) is 2.83. The lowest BCUT2D eigenvalue weighted by Gasteiger charge is -2.43. The number of hydrogen-bond donors (Lipinski definition) is 2. The van der Waals surface area contributed by atoms with E-state index in [1.807, 2.05) is 12.1 Å². The summed E-state index contributed by atoms with van der Waals surface area (Å²) in [5, 5.41) is 21.5. The number of benzene rings is 1. The second-order valence-electron chi connectivity index (χ2n) is 9.12. The van der Waals surface area contributed by atoms with E-state index in [-0.39, 0.29) is 10.8 Å². The van der Waals surface area contributed by atoms with Gasteiger partial charge in [-0.15, -0.1) is 5.92 Å². The van der Waals surface area contributed by atoms with Crippen LogP contribution < -0.4 is 0 Å². The van der Waals surface area contributed by atoms with E-state index in [1.165, 1.54) is 16.0 Å². The van der Waals surface area contributed by atoms with Gasteiger partial charge in [-0.2, -0.15) is 0 Å². The van der Waals surface area contributed by atoms with Gasteiger partial charge in [-0.3, -0.25) is 0 Å². The van der Waals surface area contributed by atoms with E-state index in [4.69, 9.17) is 0 Å². The van der Waals surface area contributed by atoms with E-state index in [2.05, 4.69) is 45.6 Å². The van der Waals surface area contributed by atoms with Crippen LogP contribution >= 0.6 is 0 Å². The highest BCUT2D eigenvalue weighted by molar-refractivity contribution is 5.79. The standard InChI is InChI=1S/C23H29NO3/c1-7-8-16-14-24(6)19(20(25)26)23(16,27)15-9-10-17-18(13-15)22(4,5)12-11-21(17,2)3/h9-10,13-14,19,27H,11-12H2,1-6H3,(H,25,26). The molecule has 2 atom stereocenters. The molecule has 3 rings (SSSR count). The summed E-state index contributed by atoms with van der Waals surface area (Å²) in [6.07, 6.45) is 3.79. The van der Waals surface area contributed by atoms with Gasteiger partial charge in [-0.1, -0.05) is 51.8 Å². The molecule has 0 aromatic heterocycles. The summed E-state index contributed by atoms with van der Waals surface area (Å²) in [7, 11) is 1.67. The van der Waals surface area contributed by atoms with Crippen molar-refractivity contribution in [2.75, 3.05) is 7.05 Å². The molecule has 0 spiro atoms. The van der Waals surface area contributed by atoms with E-state index in [1.54, 1.807) is 20.2 Å². The van der Waals surface area contributed by atoms with Crippen LogP contribution in [0.1, 0.15) is 64.2 Å². The van der Waals surface area contributed by atoms with Crippen molar-refractivity contribution >= 4 is 5.97 Å². The highest BCUT2D eigenvalue weighted by Crippen LogP contribution is 2.48. The SMILES string of the molecule is CC#CC1=CN(C)C(C(=O)O)C1(O)c1ccc2c(c1)C(C)(C)CCC2(C)C. The van der Waals surface area contributed by atoms with Crippen molar-refractivity contribution < 1.29 is 15.0 Å². The van der Waals surface area contributed by atoms with Crippen LogP contribution in [0.4, 0.5) is 0 Å². The van der Waals surface area contributed by atoms with Gasteiger partial charge < -0.3 is 15.1 Å². The Morgan fingerprint density at radius 1 is 1.15 bits per heavy atom. The molecule has 1 aromatic carbocycles. The van der Waals surface area contributed by atoms with E-state index < -0.39 is 17.6 Å². The lowest BCUT2D eigenvalue weighted by Crippen LogP contribution is -2.49. The average molecular weight is 367 g/mol. The predicted octanol–water partition coefficient (Wildman–Crippen LogP) is 3.53. The molecular weight excluding hydrogens is 338 g/mol. The fraction of sp³-hybridized carbons (Fsp3) is 0.522. The molecule has 27 heavy (non-hydrogen) atoms. The van der Waals surface area contributed by atoms with E-state index >= 15 is 0 Å². The smallest absolute Gasteiger partial charge is 0.330 e. The van der Waals surface area contributed by atoms with Gasteiger partial charge in [0, 0.05) is 13.2 Å². The van der Waals surface area contributed by atoms with Gasteiger partial charge in [0.25, 0.3) is 0 Å². The van der Waals surface area contributed by atoms with Gasteiger partial charge in [-0.25, -0.2) is 4.79 Å². The lowest BCUT2D eigenvalue weighted by atomic mass is 9.62. The summed E-state index contributed by atoms with van der Waals surface area (Å²) in [4.78, 5) is 13.5. The first kappa shape index (κ1) is 19.5. The summed E-state index contributed by atoms with van der Waals surface area (Å²) in [6, 6.07) is 4.85. The first-order valence-electron chi connectivity index (χ1n) is 9.43. The summed E-state index contributed by atoms with van der Waals surface area (Å²) in [6.45, 7) is 10.6. The molecule has 0 amide bonds. The Morgan fingerprint density at radius 2 is 1.74 bits per heavy atom. The van der Waals surface area contributed by atoms with Crippen LogP contribution in [0.2, 0.25) is 0 Å². The zero-order valence-corrected chi connectivity index (χ0v) is 17.1. The van der Waals surface area contributed by atoms with Crippen molar-refractivity contribution in [2.24, 2.45) is 0 Å². The van der Waals surface area contributed by atoms with Crippen molar-refractivity contribution in [3.63, 3.8) is 0 Å². The Labute approximate surface area is 161 Å². The van der Waals surface area contributed by atoms with Gasteiger partial charge in [0.2, 0.25) is 0 Å². The molecule has 0 radical (unpaired) electrons. The molecule has 2 N–H and O–H groups in total. The van der Waals surface area contributed by atoms with Crippen molar-refractivity contribution in [1.29, 1.82) is 0 Å². The van der Waals surface area contributed by atoms with Crippen LogP contribution in [0.3, 0.4) is 0 Å². The topological polar surface area (TPSA) is 60.8 Å². The predicted molar refractivity (Wildman–Crippen MR) is 106 cm³/mol. The molecule has 2 aliphatic rings. The molecule has 144 valence electrons. The number of hydrogen-bond acceptors (Lipinski definition) is 3. The largest absolute Gasteiger partial charge is 0.480 e. The third-order valence-electron chi connectivity index (χ3n) is 6.33. The van der Waals surface area contributed by atoms with Gasteiger partial charge in [0.05, 0.1) is 5.57 Å². The second kappa shape index (κ2) is 6.14. The Balaban J connectivity index is 2.24. The maximum absolute atomic E-state index is 12.0. The van der Waals surface area contributed by atoms with E-state index in [0.29, 0.717) is 11.1 Å². The fourth-order valence-corrected chi connectivity index (χ4v) is 4.57. The molecule has 1 aromatic rings. The molecule has 0 fully saturated rings. The van der Waals surface area contributed by atoms with Crippen LogP contribution in [0.15, 0.2) is 30.0 Å². The van der Waals surface area contributed by atoms with Crippen LogP contribution in [-0.4, -0.2) is 34.2 Å². The quantitative estimate of drug-likeness (QED) is 0.785. The third-order valence-corrected chi connectivity index (χ3v) is 6.33. The Hall–Kier alpha value is -2.25. The van der Waals surface area contributed by atoms with Crippen LogP contribution in [-0.2, 0) is 21.2 Å². The van der Waals surface area contributed by atoms with Crippen molar-refractivity contribution in [2.45, 2.75) is 69.9 Å². The van der Waals surface area contributed by atoms with Gasteiger partial charge in [-0.05, 0) is 47.3 Å². The lowest BCUT2D eigenvalue weighted by molar-refractivity contribution is -0.148. The van der Waals surface area contributed by atoms with Crippen molar-refractivity contribution in [1.82, 2.24) is 4.90 Å². The number of carboxylic acid groups (broad SMARTS) is 1. The third kappa shape index (κ3) is 2.85. The first-order chi connectivity index (χ1) is 12.4. The summed E-state index contributed by atoms with van der Waals surface area (Å²) < 4.78 is 0. The zero-order chi connectivity index (χ0) is 20.2. The maximum Gasteiger partial charge on any atom is 0.330 e. The van der Waals surface area contributed by atoms with Gasteiger partial charge in [0.15, 0.2) is 11.6 Å². The molecular formula is C23H29NO3. The minimum atomic E-state index is -1.67. The normalized spacial score (nSPS) is 28.0. The summed E-state index contributed by atoms with van der Waals surface area (Å²) >= 11 is 0.